The number of rotatable bonds is 6. The van der Waals surface area contributed by atoms with E-state index in [1.54, 1.807) is 29.2 Å². The monoisotopic (exact) mass is 351 g/mol. The average molecular weight is 352 g/mol. The van der Waals surface area contributed by atoms with Crippen LogP contribution in [0.15, 0.2) is 24.3 Å². The summed E-state index contributed by atoms with van der Waals surface area (Å²) in [4.78, 5) is 36.9. The molecular formula is C17H22ClN3O3. The van der Waals surface area contributed by atoms with Gasteiger partial charge in [0.25, 0.3) is 5.91 Å². The molecule has 3 amide bonds. The minimum atomic E-state index is -0.285. The zero-order valence-corrected chi connectivity index (χ0v) is 14.2. The van der Waals surface area contributed by atoms with Gasteiger partial charge in [-0.2, -0.15) is 0 Å². The average Bonchev–Trinajstić information content (AvgIpc) is 2.59. The molecule has 1 aliphatic heterocycles. The van der Waals surface area contributed by atoms with Crippen molar-refractivity contribution in [2.75, 3.05) is 19.6 Å². The van der Waals surface area contributed by atoms with Crippen molar-refractivity contribution in [1.29, 1.82) is 0 Å². The van der Waals surface area contributed by atoms with Crippen LogP contribution in [-0.2, 0) is 9.59 Å². The van der Waals surface area contributed by atoms with Gasteiger partial charge in [0.1, 0.15) is 0 Å². The van der Waals surface area contributed by atoms with E-state index in [9.17, 15) is 14.4 Å². The lowest BCUT2D eigenvalue weighted by Crippen LogP contribution is -2.41. The fraction of sp³-hybridized carbons (Fsp3) is 0.471. The van der Waals surface area contributed by atoms with Crippen molar-refractivity contribution in [3.63, 3.8) is 0 Å². The molecule has 0 aromatic heterocycles. The molecule has 1 aromatic carbocycles. The maximum atomic E-state index is 12.1. The van der Waals surface area contributed by atoms with Crippen molar-refractivity contribution in [2.24, 2.45) is 11.7 Å². The molecule has 1 aromatic rings. The minimum absolute atomic E-state index is 0.0543. The lowest BCUT2D eigenvalue weighted by atomic mass is 9.96. The number of nitrogens with zero attached hydrogens (tertiary/aromatic N) is 1. The van der Waals surface area contributed by atoms with E-state index in [1.165, 1.54) is 0 Å². The molecular weight excluding hydrogens is 330 g/mol. The number of nitrogens with two attached hydrogens (primary N) is 1. The number of piperidine rings is 1. The molecule has 1 fully saturated rings. The standard InChI is InChI=1S/C17H22ClN3O3/c18-14-5-3-13(4-6-14)17(24)20-9-1-2-15(22)21-10-7-12(8-11-21)16(19)23/h3-6,12H,1-2,7-11H2,(H2,19,23)(H,20,24). The van der Waals surface area contributed by atoms with E-state index in [-0.39, 0.29) is 23.6 Å². The van der Waals surface area contributed by atoms with Gasteiger partial charge in [-0.15, -0.1) is 0 Å². The number of carbonyl (C=O) groups is 3. The van der Waals surface area contributed by atoms with Crippen LogP contribution in [0.5, 0.6) is 0 Å². The van der Waals surface area contributed by atoms with Crippen LogP contribution >= 0.6 is 11.6 Å². The Balaban J connectivity index is 1.65. The first-order chi connectivity index (χ1) is 11.5. The Morgan fingerprint density at radius 2 is 1.79 bits per heavy atom. The van der Waals surface area contributed by atoms with Crippen LogP contribution in [0.2, 0.25) is 5.02 Å². The molecule has 3 N–H and O–H groups in total. The number of benzene rings is 1. The molecule has 0 bridgehead atoms. The Kier molecular flexibility index (Phi) is 6.61. The number of nitrogens with one attached hydrogen (secondary N) is 1. The van der Waals surface area contributed by atoms with Crippen LogP contribution in [-0.4, -0.2) is 42.3 Å². The van der Waals surface area contributed by atoms with Gasteiger partial charge in [-0.3, -0.25) is 14.4 Å². The predicted octanol–water partition coefficient (Wildman–Crippen LogP) is 1.57. The third-order valence-electron chi connectivity index (χ3n) is 4.21. The van der Waals surface area contributed by atoms with Crippen molar-refractivity contribution in [2.45, 2.75) is 25.7 Å². The van der Waals surface area contributed by atoms with Crippen molar-refractivity contribution in [3.8, 4) is 0 Å². The van der Waals surface area contributed by atoms with Gasteiger partial charge < -0.3 is 16.0 Å². The second kappa shape index (κ2) is 8.68. The van der Waals surface area contributed by atoms with Gasteiger partial charge in [0.05, 0.1) is 0 Å². The predicted molar refractivity (Wildman–Crippen MR) is 91.5 cm³/mol. The Bertz CT molecular complexity index is 596. The van der Waals surface area contributed by atoms with Crippen LogP contribution < -0.4 is 11.1 Å². The van der Waals surface area contributed by atoms with Crippen LogP contribution in [0.25, 0.3) is 0 Å². The summed E-state index contributed by atoms with van der Waals surface area (Å²) in [5, 5.41) is 3.37. The third-order valence-corrected chi connectivity index (χ3v) is 4.46. The number of amides is 3. The van der Waals surface area contributed by atoms with Gasteiger partial charge >= 0.3 is 0 Å². The van der Waals surface area contributed by atoms with Gasteiger partial charge in [0, 0.05) is 42.6 Å². The molecule has 0 radical (unpaired) electrons. The number of hydrogen-bond acceptors (Lipinski definition) is 3. The van der Waals surface area contributed by atoms with E-state index < -0.39 is 0 Å². The number of carbonyl (C=O) groups excluding carboxylic acids is 3. The third kappa shape index (κ3) is 5.23. The Morgan fingerprint density at radius 1 is 1.17 bits per heavy atom. The molecule has 130 valence electrons. The second-order valence-electron chi connectivity index (χ2n) is 5.92. The van der Waals surface area contributed by atoms with Gasteiger partial charge in [0.15, 0.2) is 0 Å². The number of hydrogen-bond donors (Lipinski definition) is 2. The Morgan fingerprint density at radius 3 is 2.38 bits per heavy atom. The zero-order chi connectivity index (χ0) is 17.5. The first kappa shape index (κ1) is 18.3. The van der Waals surface area contributed by atoms with E-state index in [1.807, 2.05) is 0 Å². The highest BCUT2D eigenvalue weighted by molar-refractivity contribution is 6.30. The van der Waals surface area contributed by atoms with Crippen molar-refractivity contribution in [3.05, 3.63) is 34.9 Å². The van der Waals surface area contributed by atoms with Crippen molar-refractivity contribution < 1.29 is 14.4 Å². The van der Waals surface area contributed by atoms with E-state index in [4.69, 9.17) is 17.3 Å². The quantitative estimate of drug-likeness (QED) is 0.762. The van der Waals surface area contributed by atoms with Gasteiger partial charge in [-0.1, -0.05) is 11.6 Å². The summed E-state index contributed by atoms with van der Waals surface area (Å²) in [6.07, 6.45) is 2.22. The molecule has 1 heterocycles. The lowest BCUT2D eigenvalue weighted by molar-refractivity contribution is -0.134. The van der Waals surface area contributed by atoms with Crippen LogP contribution in [0.4, 0.5) is 0 Å². The van der Waals surface area contributed by atoms with Gasteiger partial charge in [-0.05, 0) is 43.5 Å². The van der Waals surface area contributed by atoms with E-state index >= 15 is 0 Å². The highest BCUT2D eigenvalue weighted by Gasteiger charge is 2.25. The summed E-state index contributed by atoms with van der Waals surface area (Å²) in [6, 6.07) is 6.64. The summed E-state index contributed by atoms with van der Waals surface area (Å²) in [5.74, 6) is -0.528. The Hall–Kier alpha value is -2.08. The van der Waals surface area contributed by atoms with E-state index in [0.29, 0.717) is 55.9 Å². The van der Waals surface area contributed by atoms with E-state index in [2.05, 4.69) is 5.32 Å². The molecule has 0 atom stereocenters. The minimum Gasteiger partial charge on any atom is -0.369 e. The normalized spacial score (nSPS) is 15.1. The maximum absolute atomic E-state index is 12.1. The topological polar surface area (TPSA) is 92.5 Å². The molecule has 24 heavy (non-hydrogen) atoms. The fourth-order valence-corrected chi connectivity index (χ4v) is 2.84. The van der Waals surface area contributed by atoms with Crippen LogP contribution in [0.1, 0.15) is 36.0 Å². The smallest absolute Gasteiger partial charge is 0.251 e. The second-order valence-corrected chi connectivity index (χ2v) is 6.36. The van der Waals surface area contributed by atoms with Crippen LogP contribution in [0, 0.1) is 5.92 Å². The highest BCUT2D eigenvalue weighted by atomic mass is 35.5. The number of primary amides is 1. The molecule has 7 heteroatoms. The lowest BCUT2D eigenvalue weighted by Gasteiger charge is -2.30. The van der Waals surface area contributed by atoms with Gasteiger partial charge in [-0.25, -0.2) is 0 Å². The number of halogens is 1. The SMILES string of the molecule is NC(=O)C1CCN(C(=O)CCCNC(=O)c2ccc(Cl)cc2)CC1. The fourth-order valence-electron chi connectivity index (χ4n) is 2.72. The summed E-state index contributed by atoms with van der Waals surface area (Å²) in [5.41, 5.74) is 5.82. The summed E-state index contributed by atoms with van der Waals surface area (Å²) >= 11 is 5.78. The molecule has 0 spiro atoms. The van der Waals surface area contributed by atoms with E-state index in [0.717, 1.165) is 0 Å². The van der Waals surface area contributed by atoms with Gasteiger partial charge in [0.2, 0.25) is 11.8 Å². The largest absolute Gasteiger partial charge is 0.369 e. The summed E-state index contributed by atoms with van der Waals surface area (Å²) in [6.45, 7) is 1.58. The molecule has 0 aliphatic carbocycles. The maximum Gasteiger partial charge on any atom is 0.251 e. The highest BCUT2D eigenvalue weighted by Crippen LogP contribution is 2.17. The first-order valence-corrected chi connectivity index (χ1v) is 8.46. The molecule has 2 rings (SSSR count). The zero-order valence-electron chi connectivity index (χ0n) is 13.5. The molecule has 0 saturated carbocycles. The summed E-state index contributed by atoms with van der Waals surface area (Å²) in [7, 11) is 0. The summed E-state index contributed by atoms with van der Waals surface area (Å²) < 4.78 is 0. The number of likely N-dealkylation sites (tertiary alicyclic amines) is 1. The molecule has 1 aliphatic rings. The molecule has 1 saturated heterocycles. The van der Waals surface area contributed by atoms with Crippen LogP contribution in [0.3, 0.4) is 0 Å². The van der Waals surface area contributed by atoms with Crippen molar-refractivity contribution >= 4 is 29.3 Å². The first-order valence-electron chi connectivity index (χ1n) is 8.08. The molecule has 6 nitrogen and oxygen atoms in total. The Labute approximate surface area is 146 Å². The molecule has 0 unspecified atom stereocenters. The van der Waals surface area contributed by atoms with Crippen molar-refractivity contribution in [1.82, 2.24) is 10.2 Å².